The molecule has 0 saturated carbocycles. The van der Waals surface area contributed by atoms with E-state index in [2.05, 4.69) is 131 Å². The lowest BCUT2D eigenvalue weighted by molar-refractivity contribution is 1.25. The van der Waals surface area contributed by atoms with Crippen molar-refractivity contribution in [1.29, 1.82) is 5.26 Å². The van der Waals surface area contributed by atoms with E-state index in [4.69, 9.17) is 0 Å². The first-order valence-corrected chi connectivity index (χ1v) is 13.9. The van der Waals surface area contributed by atoms with Crippen LogP contribution in [0.1, 0.15) is 5.56 Å². The van der Waals surface area contributed by atoms with Crippen molar-refractivity contribution >= 4 is 57.2 Å². The molecule has 0 fully saturated rings. The summed E-state index contributed by atoms with van der Waals surface area (Å²) in [6.07, 6.45) is 0. The average Bonchev–Trinajstić information content (AvgIpc) is 3.05. The van der Waals surface area contributed by atoms with Gasteiger partial charge in [0.25, 0.3) is 6.71 Å². The van der Waals surface area contributed by atoms with E-state index < -0.39 is 0 Å². The van der Waals surface area contributed by atoms with E-state index in [1.807, 2.05) is 30.3 Å². The highest BCUT2D eigenvalue weighted by Gasteiger charge is 2.43. The summed E-state index contributed by atoms with van der Waals surface area (Å²) in [4.78, 5) is 4.76. The van der Waals surface area contributed by atoms with E-state index in [-0.39, 0.29) is 6.71 Å². The fourth-order valence-corrected chi connectivity index (χ4v) is 6.68. The first kappa shape index (κ1) is 23.4. The minimum Gasteiger partial charge on any atom is -0.311 e. The first-order valence-electron chi connectivity index (χ1n) is 13.9. The molecule has 8 rings (SSSR count). The van der Waals surface area contributed by atoms with Crippen molar-refractivity contribution in [1.82, 2.24) is 0 Å². The summed E-state index contributed by atoms with van der Waals surface area (Å²) in [6, 6.07) is 53.5. The highest BCUT2D eigenvalue weighted by Crippen LogP contribution is 2.46. The van der Waals surface area contributed by atoms with Crippen molar-refractivity contribution in [2.24, 2.45) is 0 Å². The van der Waals surface area contributed by atoms with Gasteiger partial charge in [0.15, 0.2) is 0 Å². The molecule has 6 aromatic carbocycles. The van der Waals surface area contributed by atoms with E-state index in [0.29, 0.717) is 5.56 Å². The molecule has 190 valence electrons. The lowest BCUT2D eigenvalue weighted by atomic mass is 9.33. The summed E-state index contributed by atoms with van der Waals surface area (Å²) in [7, 11) is 0. The predicted octanol–water partition coefficient (Wildman–Crippen LogP) is 7.31. The Morgan fingerprint density at radius 2 is 0.976 bits per heavy atom. The Labute approximate surface area is 240 Å². The smallest absolute Gasteiger partial charge is 0.252 e. The largest absolute Gasteiger partial charge is 0.311 e. The van der Waals surface area contributed by atoms with Crippen LogP contribution in [0.15, 0.2) is 146 Å². The second-order valence-electron chi connectivity index (χ2n) is 10.4. The Balaban J connectivity index is 1.46. The minimum absolute atomic E-state index is 0.0872. The number of benzene rings is 6. The highest BCUT2D eigenvalue weighted by atomic mass is 15.2. The molecular formula is C37H24BN3. The van der Waals surface area contributed by atoms with E-state index in [1.54, 1.807) is 0 Å². The van der Waals surface area contributed by atoms with Crippen LogP contribution >= 0.6 is 0 Å². The zero-order valence-electron chi connectivity index (χ0n) is 22.3. The second-order valence-corrected chi connectivity index (χ2v) is 10.4. The molecule has 0 unspecified atom stereocenters. The molecule has 0 aliphatic carbocycles. The van der Waals surface area contributed by atoms with Crippen LogP contribution in [0.5, 0.6) is 0 Å². The number of nitriles is 1. The van der Waals surface area contributed by atoms with Gasteiger partial charge in [0.05, 0.1) is 17.3 Å². The van der Waals surface area contributed by atoms with Crippen molar-refractivity contribution in [2.45, 2.75) is 0 Å². The average molecular weight is 521 g/mol. The third kappa shape index (κ3) is 3.46. The van der Waals surface area contributed by atoms with Crippen LogP contribution in [-0.4, -0.2) is 6.71 Å². The van der Waals surface area contributed by atoms with Crippen molar-refractivity contribution in [3.05, 3.63) is 151 Å². The fraction of sp³-hybridized carbons (Fsp3) is 0. The molecule has 4 heteroatoms. The zero-order valence-corrected chi connectivity index (χ0v) is 22.3. The van der Waals surface area contributed by atoms with E-state index >= 15 is 0 Å². The van der Waals surface area contributed by atoms with Gasteiger partial charge in [0, 0.05) is 34.0 Å². The van der Waals surface area contributed by atoms with Gasteiger partial charge >= 0.3 is 0 Å². The third-order valence-corrected chi connectivity index (χ3v) is 8.29. The molecule has 3 nitrogen and oxygen atoms in total. The molecule has 0 N–H and O–H groups in total. The van der Waals surface area contributed by atoms with Crippen molar-refractivity contribution in [3.8, 4) is 17.2 Å². The van der Waals surface area contributed by atoms with E-state index in [9.17, 15) is 5.26 Å². The third-order valence-electron chi connectivity index (χ3n) is 8.29. The zero-order chi connectivity index (χ0) is 27.3. The Morgan fingerprint density at radius 3 is 1.66 bits per heavy atom. The minimum atomic E-state index is 0.0872. The van der Waals surface area contributed by atoms with Crippen molar-refractivity contribution < 1.29 is 0 Å². The number of hydrogen-bond acceptors (Lipinski definition) is 3. The maximum absolute atomic E-state index is 10.2. The molecule has 6 aromatic rings. The van der Waals surface area contributed by atoms with Gasteiger partial charge in [-0.3, -0.25) is 0 Å². The normalized spacial score (nSPS) is 12.7. The standard InChI is InChI=1S/C37H24BN3/c39-25-27-15-11-22-33(36(27)26-13-3-1-4-14-26)41-32-21-10-8-19-30(32)38-29-18-7-9-20-31(29)40(28-16-5-2-6-17-28)34-23-12-24-35(41)37(34)38/h1-24H. The number of rotatable bonds is 3. The molecular weight excluding hydrogens is 497 g/mol. The molecule has 2 heterocycles. The number of nitrogens with zero attached hydrogens (tertiary/aromatic N) is 3. The van der Waals surface area contributed by atoms with Crippen LogP contribution < -0.4 is 26.2 Å². The molecule has 0 atom stereocenters. The fourth-order valence-electron chi connectivity index (χ4n) is 6.68. The van der Waals surface area contributed by atoms with Crippen LogP contribution in [-0.2, 0) is 0 Å². The summed E-state index contributed by atoms with van der Waals surface area (Å²) in [5.41, 5.74) is 13.2. The Morgan fingerprint density at radius 1 is 0.463 bits per heavy atom. The van der Waals surface area contributed by atoms with E-state index in [0.717, 1.165) is 33.9 Å². The summed E-state index contributed by atoms with van der Waals surface area (Å²) >= 11 is 0. The number of hydrogen-bond donors (Lipinski definition) is 0. The van der Waals surface area contributed by atoms with Crippen LogP contribution in [0, 0.1) is 11.3 Å². The van der Waals surface area contributed by atoms with Crippen LogP contribution in [0.25, 0.3) is 11.1 Å². The Kier molecular flexibility index (Phi) is 5.30. The summed E-state index contributed by atoms with van der Waals surface area (Å²) in [6.45, 7) is 0.0872. The summed E-state index contributed by atoms with van der Waals surface area (Å²) in [5.74, 6) is 0. The molecule has 0 amide bonds. The Bertz CT molecular complexity index is 1980. The summed E-state index contributed by atoms with van der Waals surface area (Å²) < 4.78 is 0. The van der Waals surface area contributed by atoms with Crippen molar-refractivity contribution in [3.63, 3.8) is 0 Å². The molecule has 0 bridgehead atoms. The molecule has 0 radical (unpaired) electrons. The van der Waals surface area contributed by atoms with Gasteiger partial charge in [-0.25, -0.2) is 0 Å². The van der Waals surface area contributed by atoms with Gasteiger partial charge in [0.2, 0.25) is 0 Å². The SMILES string of the molecule is N#Cc1cccc(N2c3ccccc3B3c4ccccc4N(c4ccccc4)c4cccc2c43)c1-c1ccccc1. The quantitative estimate of drug-likeness (QED) is 0.229. The van der Waals surface area contributed by atoms with E-state index in [1.165, 1.54) is 27.8 Å². The molecule has 2 aliphatic heterocycles. The summed E-state index contributed by atoms with van der Waals surface area (Å²) in [5, 5.41) is 10.2. The van der Waals surface area contributed by atoms with Gasteiger partial charge in [0.1, 0.15) is 0 Å². The second kappa shape index (κ2) is 9.29. The number of fused-ring (bicyclic) bond motifs is 4. The molecule has 2 aliphatic rings. The van der Waals surface area contributed by atoms with Gasteiger partial charge in [-0.05, 0) is 70.5 Å². The predicted molar refractivity (Wildman–Crippen MR) is 171 cm³/mol. The maximum Gasteiger partial charge on any atom is 0.252 e. The molecule has 0 aromatic heterocycles. The van der Waals surface area contributed by atoms with Gasteiger partial charge < -0.3 is 9.80 Å². The molecule has 0 spiro atoms. The topological polar surface area (TPSA) is 30.3 Å². The van der Waals surface area contributed by atoms with Crippen LogP contribution in [0.4, 0.5) is 34.1 Å². The van der Waals surface area contributed by atoms with Gasteiger partial charge in [-0.15, -0.1) is 0 Å². The van der Waals surface area contributed by atoms with Crippen LogP contribution in [0.2, 0.25) is 0 Å². The Hall–Kier alpha value is -5.53. The number of anilines is 6. The monoisotopic (exact) mass is 521 g/mol. The lowest BCUT2D eigenvalue weighted by Gasteiger charge is -2.44. The van der Waals surface area contributed by atoms with Gasteiger partial charge in [-0.2, -0.15) is 5.26 Å². The molecule has 41 heavy (non-hydrogen) atoms. The molecule has 0 saturated heterocycles. The first-order chi connectivity index (χ1) is 20.3. The van der Waals surface area contributed by atoms with Crippen molar-refractivity contribution in [2.75, 3.05) is 9.80 Å². The van der Waals surface area contributed by atoms with Crippen LogP contribution in [0.3, 0.4) is 0 Å². The van der Waals surface area contributed by atoms with Gasteiger partial charge in [-0.1, -0.05) is 97.1 Å². The highest BCUT2D eigenvalue weighted by molar-refractivity contribution is 7.00. The number of para-hydroxylation sites is 3. The lowest BCUT2D eigenvalue weighted by Crippen LogP contribution is -2.61. The maximum atomic E-state index is 10.2.